The second kappa shape index (κ2) is 27.5. The zero-order chi connectivity index (χ0) is 52.7. The number of ether oxygens (including phenoxy) is 2. The van der Waals surface area contributed by atoms with Crippen LogP contribution in [0.4, 0.5) is 0 Å². The van der Waals surface area contributed by atoms with Gasteiger partial charge in [-0.25, -0.2) is 9.97 Å². The molecule has 1 aliphatic carbocycles. The van der Waals surface area contributed by atoms with E-state index in [2.05, 4.69) is 162 Å². The highest BCUT2D eigenvalue weighted by atomic mass is 32.1. The highest BCUT2D eigenvalue weighted by Crippen LogP contribution is 2.56. The molecular formula is C69H84N2O2S3. The number of hydrogen-bond donors (Lipinski definition) is 0. The highest BCUT2D eigenvalue weighted by molar-refractivity contribution is 7.28. The number of hydrogen-bond acceptors (Lipinski definition) is 7. The zero-order valence-corrected chi connectivity index (χ0v) is 49.1. The van der Waals surface area contributed by atoms with Gasteiger partial charge in [0.1, 0.15) is 22.5 Å². The van der Waals surface area contributed by atoms with E-state index in [1.54, 1.807) is 22.5 Å². The van der Waals surface area contributed by atoms with E-state index < -0.39 is 0 Å². The lowest BCUT2D eigenvalue weighted by Crippen LogP contribution is -2.25. The molecule has 1 aliphatic rings. The highest BCUT2D eigenvalue weighted by Gasteiger charge is 2.42. The molecule has 7 heteroatoms. The van der Waals surface area contributed by atoms with Gasteiger partial charge in [-0.15, -0.1) is 34.0 Å². The summed E-state index contributed by atoms with van der Waals surface area (Å²) in [5.41, 5.74) is 13.1. The van der Waals surface area contributed by atoms with Gasteiger partial charge in [-0.05, 0) is 145 Å². The van der Waals surface area contributed by atoms with Crippen molar-refractivity contribution in [3.8, 4) is 75.1 Å². The van der Waals surface area contributed by atoms with Crippen molar-refractivity contribution in [2.24, 2.45) is 0 Å². The van der Waals surface area contributed by atoms with Crippen molar-refractivity contribution in [2.45, 2.75) is 200 Å². The van der Waals surface area contributed by atoms with Crippen molar-refractivity contribution >= 4 is 45.0 Å². The Labute approximate surface area is 468 Å². The van der Waals surface area contributed by atoms with Crippen LogP contribution in [0.15, 0.2) is 121 Å². The lowest BCUT2D eigenvalue weighted by molar-refractivity contribution is 0.183. The van der Waals surface area contributed by atoms with Gasteiger partial charge in [0, 0.05) is 31.2 Å². The predicted molar refractivity (Wildman–Crippen MR) is 331 cm³/mol. The molecule has 0 fully saturated rings. The number of fused-ring (bicyclic) bond motifs is 4. The molecule has 4 heterocycles. The number of unbranched alkanes of at least 4 members (excludes halogenated alkanes) is 12. The maximum absolute atomic E-state index is 6.55. The summed E-state index contributed by atoms with van der Waals surface area (Å²) in [4.78, 5) is 17.5. The number of thiophene rings is 3. The maximum Gasteiger partial charge on any atom is 0.119 e. The monoisotopic (exact) mass is 1070 g/mol. The first kappa shape index (κ1) is 55.7. The summed E-state index contributed by atoms with van der Waals surface area (Å²) < 4.78 is 13.1. The molecule has 76 heavy (non-hydrogen) atoms. The Kier molecular flexibility index (Phi) is 20.1. The van der Waals surface area contributed by atoms with E-state index in [0.29, 0.717) is 0 Å². The molecular weight excluding hydrogens is 985 g/mol. The lowest BCUT2D eigenvalue weighted by atomic mass is 9.70. The maximum atomic E-state index is 6.55. The Hall–Kier alpha value is -5.08. The molecule has 9 rings (SSSR count). The SMILES string of the molecule is CCCCCCCCC1(CCCCCCCC)c2ccccc2-c2ccc(-c3ccc(-c4sc(-c5cccs5)c5nc(-c6ccc(OC(CC)CCCC)cc6)c(-c6ccc(OC(CC)CCCC)cc6)nc45)s3)cc21. The fraction of sp³-hybridized carbons (Fsp3) is 0.449. The molecule has 4 aromatic carbocycles. The fourth-order valence-electron chi connectivity index (χ4n) is 11.7. The van der Waals surface area contributed by atoms with Gasteiger partial charge in [0.05, 0.1) is 33.4 Å². The van der Waals surface area contributed by atoms with Crippen molar-refractivity contribution in [2.75, 3.05) is 0 Å². The van der Waals surface area contributed by atoms with Crippen LogP contribution >= 0.6 is 34.0 Å². The fourth-order valence-corrected chi connectivity index (χ4v) is 14.9. The van der Waals surface area contributed by atoms with Crippen molar-refractivity contribution in [1.82, 2.24) is 9.97 Å². The Bertz CT molecular complexity index is 3020. The normalized spacial score (nSPS) is 13.5. The zero-order valence-electron chi connectivity index (χ0n) is 46.7. The van der Waals surface area contributed by atoms with Crippen LogP contribution in [0, 0.1) is 0 Å². The van der Waals surface area contributed by atoms with E-state index in [0.717, 1.165) is 70.7 Å². The van der Waals surface area contributed by atoms with Gasteiger partial charge in [0.15, 0.2) is 0 Å². The molecule has 0 saturated heterocycles. The molecule has 4 aromatic heterocycles. The van der Waals surface area contributed by atoms with Gasteiger partial charge >= 0.3 is 0 Å². The number of nitrogens with zero attached hydrogens (tertiary/aromatic N) is 2. The van der Waals surface area contributed by atoms with Crippen LogP contribution in [0.2, 0.25) is 0 Å². The van der Waals surface area contributed by atoms with Crippen LogP contribution in [0.3, 0.4) is 0 Å². The summed E-state index contributed by atoms with van der Waals surface area (Å²) in [5.74, 6) is 1.80. The van der Waals surface area contributed by atoms with Crippen molar-refractivity contribution < 1.29 is 9.47 Å². The minimum Gasteiger partial charge on any atom is -0.490 e. The van der Waals surface area contributed by atoms with E-state index in [1.807, 2.05) is 22.7 Å². The van der Waals surface area contributed by atoms with E-state index in [-0.39, 0.29) is 17.6 Å². The molecule has 4 nitrogen and oxygen atoms in total. The third-order valence-electron chi connectivity index (χ3n) is 16.1. The Morgan fingerprint density at radius 3 is 1.47 bits per heavy atom. The van der Waals surface area contributed by atoms with Gasteiger partial charge in [-0.2, -0.15) is 0 Å². The van der Waals surface area contributed by atoms with Crippen LogP contribution in [0.1, 0.15) is 194 Å². The lowest BCUT2D eigenvalue weighted by Gasteiger charge is -2.33. The van der Waals surface area contributed by atoms with E-state index >= 15 is 0 Å². The first-order chi connectivity index (χ1) is 37.4. The molecule has 8 aromatic rings. The minimum absolute atomic E-state index is 0.0395. The molecule has 0 radical (unpaired) electrons. The molecule has 2 atom stereocenters. The third kappa shape index (κ3) is 12.9. The third-order valence-corrected chi connectivity index (χ3v) is 19.6. The standard InChI is InChI=1S/C69H84N2O2S3/c1-7-13-17-19-21-25-45-69(46-26-22-20-18-14-8-2)58-31-24-23-30-56(58)57-42-37-51(48-59(57)69)60-43-44-62(75-60)68-66-65(67(76-68)61-32-27-47-74-61)70-63(49-33-38-54(39-34-49)72-52(11-5)28-15-9-3)64(71-66)50-35-40-55(41-36-50)73-53(12-6)29-16-10-4/h23-24,27,30-44,47-48,52-53H,7-22,25-26,28-29,45-46H2,1-6H3. The molecule has 2 unspecified atom stereocenters. The largest absolute Gasteiger partial charge is 0.490 e. The van der Waals surface area contributed by atoms with Crippen LogP contribution in [0.25, 0.3) is 74.6 Å². The molecule has 0 aliphatic heterocycles. The van der Waals surface area contributed by atoms with E-state index in [1.165, 1.54) is 157 Å². The average Bonchev–Trinajstić information content (AvgIpc) is 4.40. The summed E-state index contributed by atoms with van der Waals surface area (Å²) in [6, 6.07) is 43.2. The average molecular weight is 1070 g/mol. The Morgan fingerprint density at radius 1 is 0.434 bits per heavy atom. The number of rotatable bonds is 31. The second-order valence-corrected chi connectivity index (χ2v) is 24.6. The van der Waals surface area contributed by atoms with Crippen LogP contribution in [0.5, 0.6) is 11.5 Å². The molecule has 0 saturated carbocycles. The Balaban J connectivity index is 1.11. The number of benzene rings is 4. The molecule has 0 spiro atoms. The second-order valence-electron chi connectivity index (χ2n) is 21.6. The van der Waals surface area contributed by atoms with Gasteiger partial charge in [-0.3, -0.25) is 0 Å². The quantitative estimate of drug-likeness (QED) is 0.0406. The molecule has 400 valence electrons. The van der Waals surface area contributed by atoms with Crippen LogP contribution in [-0.4, -0.2) is 22.2 Å². The molecule has 0 amide bonds. The Morgan fingerprint density at radius 2 is 0.934 bits per heavy atom. The van der Waals surface area contributed by atoms with Gasteiger partial charge in [0.25, 0.3) is 0 Å². The van der Waals surface area contributed by atoms with Gasteiger partial charge in [-0.1, -0.05) is 187 Å². The smallest absolute Gasteiger partial charge is 0.119 e. The summed E-state index contributed by atoms with van der Waals surface area (Å²) in [6.07, 6.45) is 27.5. The first-order valence-electron chi connectivity index (χ1n) is 29.7. The van der Waals surface area contributed by atoms with Crippen molar-refractivity contribution in [1.29, 1.82) is 0 Å². The predicted octanol–water partition coefficient (Wildman–Crippen LogP) is 22.6. The van der Waals surface area contributed by atoms with Gasteiger partial charge in [0.2, 0.25) is 0 Å². The van der Waals surface area contributed by atoms with Crippen LogP contribution < -0.4 is 9.47 Å². The summed E-state index contributed by atoms with van der Waals surface area (Å²) in [5, 5.41) is 2.18. The van der Waals surface area contributed by atoms with Crippen molar-refractivity contribution in [3.05, 3.63) is 132 Å². The molecule has 0 N–H and O–H groups in total. The minimum atomic E-state index is 0.0395. The van der Waals surface area contributed by atoms with Crippen molar-refractivity contribution in [3.63, 3.8) is 0 Å². The number of aromatic nitrogens is 2. The first-order valence-corrected chi connectivity index (χ1v) is 32.2. The van der Waals surface area contributed by atoms with Crippen LogP contribution in [-0.2, 0) is 5.41 Å². The summed E-state index contributed by atoms with van der Waals surface area (Å²) in [6.45, 7) is 13.6. The summed E-state index contributed by atoms with van der Waals surface area (Å²) >= 11 is 5.51. The summed E-state index contributed by atoms with van der Waals surface area (Å²) in [7, 11) is 0. The topological polar surface area (TPSA) is 44.2 Å². The van der Waals surface area contributed by atoms with Gasteiger partial charge < -0.3 is 9.47 Å². The van der Waals surface area contributed by atoms with E-state index in [9.17, 15) is 0 Å². The molecule has 0 bridgehead atoms. The van der Waals surface area contributed by atoms with E-state index in [4.69, 9.17) is 19.4 Å².